The molecule has 5 heteroatoms. The Morgan fingerprint density at radius 2 is 1.96 bits per heavy atom. The topological polar surface area (TPSA) is 86.2 Å². The summed E-state index contributed by atoms with van der Waals surface area (Å²) in [5, 5.41) is 20.3. The molecule has 0 unspecified atom stereocenters. The van der Waals surface area contributed by atoms with Crippen LogP contribution in [-0.2, 0) is 13.1 Å². The average Bonchev–Trinajstić information content (AvgIpc) is 2.96. The zero-order chi connectivity index (χ0) is 16.8. The second kappa shape index (κ2) is 5.22. The molecular formula is C19H16N4O. The Morgan fingerprint density at radius 3 is 2.75 bits per heavy atom. The minimum absolute atomic E-state index is 0.116. The summed E-state index contributed by atoms with van der Waals surface area (Å²) in [5.74, 6) is 0.116. The zero-order valence-corrected chi connectivity index (χ0v) is 13.2. The number of fused-ring (bicyclic) bond motifs is 2. The van der Waals surface area contributed by atoms with Crippen LogP contribution < -0.4 is 5.73 Å². The van der Waals surface area contributed by atoms with Gasteiger partial charge in [-0.1, -0.05) is 18.2 Å². The highest BCUT2D eigenvalue weighted by Crippen LogP contribution is 2.41. The molecule has 2 aromatic carbocycles. The monoisotopic (exact) mass is 316 g/mol. The first-order chi connectivity index (χ1) is 11.6. The summed E-state index contributed by atoms with van der Waals surface area (Å²) in [7, 11) is 2.01. The fraction of sp³-hybridized carbons (Fsp3) is 0.158. The maximum atomic E-state index is 10.3. The van der Waals surface area contributed by atoms with E-state index >= 15 is 0 Å². The minimum Gasteiger partial charge on any atom is -0.507 e. The number of anilines is 1. The van der Waals surface area contributed by atoms with Crippen molar-refractivity contribution in [3.05, 3.63) is 53.2 Å². The van der Waals surface area contributed by atoms with Crippen molar-refractivity contribution in [2.75, 3.05) is 12.8 Å². The number of nitriles is 1. The van der Waals surface area contributed by atoms with Crippen LogP contribution in [0, 0.1) is 11.3 Å². The van der Waals surface area contributed by atoms with Gasteiger partial charge in [0, 0.05) is 29.8 Å². The average molecular weight is 316 g/mol. The lowest BCUT2D eigenvalue weighted by molar-refractivity contribution is 0.351. The van der Waals surface area contributed by atoms with Crippen molar-refractivity contribution in [1.82, 2.24) is 9.88 Å². The summed E-state index contributed by atoms with van der Waals surface area (Å²) in [6.07, 6.45) is 0. The van der Waals surface area contributed by atoms with Crippen molar-refractivity contribution in [3.8, 4) is 22.9 Å². The van der Waals surface area contributed by atoms with Crippen LogP contribution >= 0.6 is 0 Å². The van der Waals surface area contributed by atoms with E-state index in [0.29, 0.717) is 22.2 Å². The third kappa shape index (κ3) is 2.01. The number of nitrogens with zero attached hydrogens (tertiary/aromatic N) is 3. The van der Waals surface area contributed by atoms with Crippen LogP contribution in [0.5, 0.6) is 5.75 Å². The zero-order valence-electron chi connectivity index (χ0n) is 13.2. The molecule has 4 rings (SSSR count). The highest BCUT2D eigenvalue weighted by Gasteiger charge is 2.24. The van der Waals surface area contributed by atoms with E-state index in [-0.39, 0.29) is 5.75 Å². The van der Waals surface area contributed by atoms with E-state index in [1.165, 1.54) is 0 Å². The number of pyridine rings is 1. The molecule has 0 amide bonds. The van der Waals surface area contributed by atoms with Gasteiger partial charge in [-0.3, -0.25) is 9.88 Å². The third-order valence-corrected chi connectivity index (χ3v) is 4.53. The van der Waals surface area contributed by atoms with Gasteiger partial charge in [0.15, 0.2) is 0 Å². The van der Waals surface area contributed by atoms with Gasteiger partial charge in [0.05, 0.1) is 33.9 Å². The largest absolute Gasteiger partial charge is 0.507 e. The number of aromatic nitrogens is 1. The van der Waals surface area contributed by atoms with Gasteiger partial charge in [0.25, 0.3) is 0 Å². The molecule has 24 heavy (non-hydrogen) atoms. The molecule has 0 saturated carbocycles. The van der Waals surface area contributed by atoms with Gasteiger partial charge >= 0.3 is 0 Å². The number of benzene rings is 2. The predicted molar refractivity (Wildman–Crippen MR) is 93.1 cm³/mol. The molecule has 0 saturated heterocycles. The van der Waals surface area contributed by atoms with Gasteiger partial charge in [-0.25, -0.2) is 0 Å². The predicted octanol–water partition coefficient (Wildman–Crippen LogP) is 3.01. The molecule has 0 atom stereocenters. The van der Waals surface area contributed by atoms with Crippen LogP contribution in [0.15, 0.2) is 36.4 Å². The summed E-state index contributed by atoms with van der Waals surface area (Å²) in [6.45, 7) is 1.45. The molecule has 1 aliphatic rings. The van der Waals surface area contributed by atoms with Gasteiger partial charge < -0.3 is 10.8 Å². The third-order valence-electron chi connectivity index (χ3n) is 4.53. The van der Waals surface area contributed by atoms with Gasteiger partial charge in [0.1, 0.15) is 5.75 Å². The molecule has 0 spiro atoms. The highest BCUT2D eigenvalue weighted by atomic mass is 16.3. The number of phenolic OH excluding ortho intramolecular Hbond substituents is 1. The van der Waals surface area contributed by atoms with Crippen molar-refractivity contribution < 1.29 is 5.11 Å². The van der Waals surface area contributed by atoms with E-state index in [2.05, 4.69) is 11.0 Å². The molecule has 118 valence electrons. The Labute approximate surface area is 139 Å². The Morgan fingerprint density at radius 1 is 1.17 bits per heavy atom. The number of phenols is 1. The Bertz CT molecular complexity index is 1020. The van der Waals surface area contributed by atoms with Crippen molar-refractivity contribution in [2.45, 2.75) is 13.1 Å². The number of nitrogens with two attached hydrogens (primary N) is 1. The fourth-order valence-corrected chi connectivity index (χ4v) is 3.39. The first kappa shape index (κ1) is 14.5. The molecule has 0 fully saturated rings. The van der Waals surface area contributed by atoms with Crippen LogP contribution in [0.25, 0.3) is 22.0 Å². The van der Waals surface area contributed by atoms with Gasteiger partial charge in [-0.2, -0.15) is 5.26 Å². The molecule has 1 aromatic heterocycles. The SMILES string of the molecule is CN1Cc2nc3c(-c4ccccc4C#N)ccc(O)c3c(N)c2C1. The normalized spacial score (nSPS) is 13.8. The summed E-state index contributed by atoms with van der Waals surface area (Å²) >= 11 is 0. The molecule has 0 radical (unpaired) electrons. The first-order valence-electron chi connectivity index (χ1n) is 7.71. The molecule has 0 aliphatic carbocycles. The molecule has 0 bridgehead atoms. The smallest absolute Gasteiger partial charge is 0.127 e. The molecule has 3 aromatic rings. The Balaban J connectivity index is 2.10. The van der Waals surface area contributed by atoms with Crippen LogP contribution in [0.2, 0.25) is 0 Å². The molecule has 3 N–H and O–H groups in total. The van der Waals surface area contributed by atoms with Crippen LogP contribution in [0.1, 0.15) is 16.8 Å². The summed E-state index contributed by atoms with van der Waals surface area (Å²) in [5.41, 5.74) is 11.7. The standard InChI is InChI=1S/C19H16N4O/c1-23-9-14-15(10-23)22-19-13(6-7-16(24)17(19)18(14)21)12-5-3-2-4-11(12)8-20/h2-7,24H,9-10H2,1H3,(H2,21,22). The maximum Gasteiger partial charge on any atom is 0.127 e. The van der Waals surface area contributed by atoms with Crippen LogP contribution in [0.4, 0.5) is 5.69 Å². The summed E-state index contributed by atoms with van der Waals surface area (Å²) in [6, 6.07) is 13.0. The van der Waals surface area contributed by atoms with Crippen molar-refractivity contribution in [3.63, 3.8) is 0 Å². The summed E-state index contributed by atoms with van der Waals surface area (Å²) in [4.78, 5) is 6.92. The van der Waals surface area contributed by atoms with E-state index < -0.39 is 0 Å². The molecular weight excluding hydrogens is 300 g/mol. The van der Waals surface area contributed by atoms with Gasteiger partial charge in [-0.05, 0) is 25.2 Å². The second-order valence-electron chi connectivity index (χ2n) is 6.14. The van der Waals surface area contributed by atoms with E-state index in [4.69, 9.17) is 10.7 Å². The van der Waals surface area contributed by atoms with Crippen molar-refractivity contribution in [1.29, 1.82) is 5.26 Å². The van der Waals surface area contributed by atoms with E-state index in [1.807, 2.05) is 25.2 Å². The summed E-state index contributed by atoms with van der Waals surface area (Å²) < 4.78 is 0. The van der Waals surface area contributed by atoms with E-state index in [1.54, 1.807) is 18.2 Å². The lowest BCUT2D eigenvalue weighted by Crippen LogP contribution is -2.08. The second-order valence-corrected chi connectivity index (χ2v) is 6.14. The number of hydrogen-bond donors (Lipinski definition) is 2. The quantitative estimate of drug-likeness (QED) is 0.720. The fourth-order valence-electron chi connectivity index (χ4n) is 3.39. The molecule has 2 heterocycles. The first-order valence-corrected chi connectivity index (χ1v) is 7.71. The lowest BCUT2D eigenvalue weighted by atomic mass is 9.95. The van der Waals surface area contributed by atoms with Crippen molar-refractivity contribution >= 4 is 16.6 Å². The highest BCUT2D eigenvalue weighted by molar-refractivity contribution is 6.05. The number of aromatic hydroxyl groups is 1. The number of nitrogen functional groups attached to an aromatic ring is 1. The lowest BCUT2D eigenvalue weighted by Gasteiger charge is -2.13. The Kier molecular flexibility index (Phi) is 3.15. The van der Waals surface area contributed by atoms with Gasteiger partial charge in [-0.15, -0.1) is 0 Å². The number of hydrogen-bond acceptors (Lipinski definition) is 5. The molecule has 5 nitrogen and oxygen atoms in total. The number of rotatable bonds is 1. The molecule has 1 aliphatic heterocycles. The maximum absolute atomic E-state index is 10.3. The van der Waals surface area contributed by atoms with Crippen molar-refractivity contribution in [2.24, 2.45) is 0 Å². The Hall–Kier alpha value is -3.10. The minimum atomic E-state index is 0.116. The van der Waals surface area contributed by atoms with Gasteiger partial charge in [0.2, 0.25) is 0 Å². The van der Waals surface area contributed by atoms with Crippen LogP contribution in [-0.4, -0.2) is 22.0 Å². The van der Waals surface area contributed by atoms with E-state index in [9.17, 15) is 10.4 Å². The van der Waals surface area contributed by atoms with E-state index in [0.717, 1.165) is 35.5 Å². The van der Waals surface area contributed by atoms with Crippen LogP contribution in [0.3, 0.4) is 0 Å².